The number of carbonyl (C=O) groups excluding carboxylic acids is 1. The van der Waals surface area contributed by atoms with E-state index < -0.39 is 0 Å². The minimum absolute atomic E-state index is 0.0301. The molecule has 0 unspecified atom stereocenters. The fraction of sp³-hybridized carbons (Fsp3) is 0.875. The zero-order valence-corrected chi connectivity index (χ0v) is 6.68. The van der Waals surface area contributed by atoms with Crippen LogP contribution in [-0.2, 0) is 4.79 Å². The third-order valence-electron chi connectivity index (χ3n) is 1.66. The Morgan fingerprint density at radius 3 is 2.27 bits per heavy atom. The third-order valence-corrected chi connectivity index (χ3v) is 1.66. The van der Waals surface area contributed by atoms with E-state index in [2.05, 4.69) is 5.32 Å². The number of nitrogens with one attached hydrogen (secondary N) is 1. The first-order valence-electron chi connectivity index (χ1n) is 4.23. The second-order valence-corrected chi connectivity index (χ2v) is 3.05. The lowest BCUT2D eigenvalue weighted by Crippen LogP contribution is -2.28. The highest BCUT2D eigenvalue weighted by Crippen LogP contribution is 2.14. The molecule has 1 amide bonds. The Kier molecular flexibility index (Phi) is 3.36. The van der Waals surface area contributed by atoms with Crippen molar-refractivity contribution in [2.75, 3.05) is 6.61 Å². The number of hydrogen-bond acceptors (Lipinski definition) is 2. The summed E-state index contributed by atoms with van der Waals surface area (Å²) < 4.78 is 0. The molecular formula is C8H15NO2. The average molecular weight is 157 g/mol. The van der Waals surface area contributed by atoms with Crippen LogP contribution in [0.2, 0.25) is 0 Å². The standard InChI is InChI=1S/C5H9NO2.C3H6/c7-3-4-1-2-5(8)6-4;1-2-3-1/h4,7H,1-3H2,(H,6,8);1-3H2/t4-;/m0./s1. The molecule has 2 N–H and O–H groups in total. The van der Waals surface area contributed by atoms with Crippen LogP contribution < -0.4 is 5.32 Å². The van der Waals surface area contributed by atoms with E-state index in [1.165, 1.54) is 19.3 Å². The third kappa shape index (κ3) is 3.98. The minimum Gasteiger partial charge on any atom is -0.394 e. The highest BCUT2D eigenvalue weighted by molar-refractivity contribution is 5.78. The summed E-state index contributed by atoms with van der Waals surface area (Å²) >= 11 is 0. The fourth-order valence-corrected chi connectivity index (χ4v) is 0.814. The van der Waals surface area contributed by atoms with Gasteiger partial charge in [-0.25, -0.2) is 0 Å². The monoisotopic (exact) mass is 157 g/mol. The summed E-state index contributed by atoms with van der Waals surface area (Å²) in [5.74, 6) is 0.0593. The van der Waals surface area contributed by atoms with Gasteiger partial charge in [0.05, 0.1) is 12.6 Å². The Labute approximate surface area is 66.8 Å². The molecule has 1 heterocycles. The summed E-state index contributed by atoms with van der Waals surface area (Å²) in [5, 5.41) is 11.1. The summed E-state index contributed by atoms with van der Waals surface area (Å²) in [6.45, 7) is 0.0751. The molecule has 3 heteroatoms. The van der Waals surface area contributed by atoms with Crippen LogP contribution in [0, 0.1) is 0 Å². The van der Waals surface area contributed by atoms with Gasteiger partial charge in [0.1, 0.15) is 0 Å². The van der Waals surface area contributed by atoms with Gasteiger partial charge in [-0.1, -0.05) is 19.3 Å². The van der Waals surface area contributed by atoms with Crippen molar-refractivity contribution in [1.29, 1.82) is 0 Å². The summed E-state index contributed by atoms with van der Waals surface area (Å²) in [6, 6.07) is 0.0301. The second kappa shape index (κ2) is 4.34. The van der Waals surface area contributed by atoms with E-state index in [1.54, 1.807) is 0 Å². The molecule has 0 aromatic heterocycles. The predicted molar refractivity (Wildman–Crippen MR) is 42.1 cm³/mol. The first-order valence-corrected chi connectivity index (χ1v) is 4.23. The summed E-state index contributed by atoms with van der Waals surface area (Å²) in [6.07, 6.45) is 5.86. The van der Waals surface area contributed by atoms with Gasteiger partial charge < -0.3 is 10.4 Å². The Morgan fingerprint density at radius 2 is 2.09 bits per heavy atom. The topological polar surface area (TPSA) is 49.3 Å². The molecular weight excluding hydrogens is 142 g/mol. The summed E-state index contributed by atoms with van der Waals surface area (Å²) in [5.41, 5.74) is 0. The lowest BCUT2D eigenvalue weighted by atomic mass is 10.2. The molecule has 3 nitrogen and oxygen atoms in total. The molecule has 1 saturated carbocycles. The molecule has 1 aliphatic heterocycles. The molecule has 2 rings (SSSR count). The van der Waals surface area contributed by atoms with Crippen molar-refractivity contribution >= 4 is 5.91 Å². The first kappa shape index (κ1) is 8.53. The molecule has 0 bridgehead atoms. The molecule has 0 radical (unpaired) electrons. The highest BCUT2D eigenvalue weighted by Gasteiger charge is 2.18. The average Bonchev–Trinajstić information content (AvgIpc) is 2.82. The van der Waals surface area contributed by atoms with Crippen LogP contribution in [0.25, 0.3) is 0 Å². The van der Waals surface area contributed by atoms with Crippen LogP contribution in [0.4, 0.5) is 0 Å². The Hall–Kier alpha value is -0.570. The predicted octanol–water partition coefficient (Wildman–Crippen LogP) is 0.428. The van der Waals surface area contributed by atoms with Gasteiger partial charge in [-0.05, 0) is 6.42 Å². The van der Waals surface area contributed by atoms with Crippen LogP contribution in [0.5, 0.6) is 0 Å². The van der Waals surface area contributed by atoms with Gasteiger partial charge in [-0.15, -0.1) is 0 Å². The van der Waals surface area contributed by atoms with E-state index in [0.717, 1.165) is 6.42 Å². The van der Waals surface area contributed by atoms with Crippen molar-refractivity contribution in [2.24, 2.45) is 0 Å². The van der Waals surface area contributed by atoms with Crippen LogP contribution in [0.1, 0.15) is 32.1 Å². The van der Waals surface area contributed by atoms with Crippen molar-refractivity contribution in [3.8, 4) is 0 Å². The quantitative estimate of drug-likeness (QED) is 0.580. The fourth-order valence-electron chi connectivity index (χ4n) is 0.814. The van der Waals surface area contributed by atoms with Crippen LogP contribution in [-0.4, -0.2) is 23.7 Å². The van der Waals surface area contributed by atoms with Gasteiger partial charge in [0.2, 0.25) is 5.91 Å². The smallest absolute Gasteiger partial charge is 0.220 e. The molecule has 1 aliphatic carbocycles. The minimum atomic E-state index is 0.0301. The van der Waals surface area contributed by atoms with Crippen molar-refractivity contribution in [3.05, 3.63) is 0 Å². The van der Waals surface area contributed by atoms with Gasteiger partial charge in [0.15, 0.2) is 0 Å². The van der Waals surface area contributed by atoms with Crippen molar-refractivity contribution in [3.63, 3.8) is 0 Å². The molecule has 64 valence electrons. The maximum Gasteiger partial charge on any atom is 0.220 e. The Balaban J connectivity index is 0.000000167. The van der Waals surface area contributed by atoms with E-state index >= 15 is 0 Å². The number of rotatable bonds is 1. The lowest BCUT2D eigenvalue weighted by Gasteiger charge is -2.01. The van der Waals surface area contributed by atoms with E-state index in [9.17, 15) is 4.79 Å². The van der Waals surface area contributed by atoms with Gasteiger partial charge in [0, 0.05) is 6.42 Å². The van der Waals surface area contributed by atoms with Gasteiger partial charge in [-0.2, -0.15) is 0 Å². The maximum absolute atomic E-state index is 10.4. The number of hydrogen-bond donors (Lipinski definition) is 2. The van der Waals surface area contributed by atoms with Crippen LogP contribution >= 0.6 is 0 Å². The van der Waals surface area contributed by atoms with E-state index in [0.29, 0.717) is 6.42 Å². The molecule has 2 fully saturated rings. The maximum atomic E-state index is 10.4. The Bertz CT molecular complexity index is 131. The van der Waals surface area contributed by atoms with Crippen molar-refractivity contribution in [1.82, 2.24) is 5.32 Å². The van der Waals surface area contributed by atoms with E-state index in [1.807, 2.05) is 0 Å². The molecule has 0 spiro atoms. The molecule has 1 saturated heterocycles. The van der Waals surface area contributed by atoms with Crippen LogP contribution in [0.3, 0.4) is 0 Å². The Morgan fingerprint density at radius 1 is 1.45 bits per heavy atom. The molecule has 0 aromatic rings. The molecule has 2 aliphatic rings. The number of aliphatic hydroxyl groups is 1. The van der Waals surface area contributed by atoms with Crippen LogP contribution in [0.15, 0.2) is 0 Å². The molecule has 1 atom stereocenters. The number of aliphatic hydroxyl groups excluding tert-OH is 1. The second-order valence-electron chi connectivity index (χ2n) is 3.05. The molecule has 0 aromatic carbocycles. The number of carbonyl (C=O) groups is 1. The summed E-state index contributed by atoms with van der Waals surface area (Å²) in [4.78, 5) is 10.4. The van der Waals surface area contributed by atoms with Gasteiger partial charge in [0.25, 0.3) is 0 Å². The zero-order chi connectivity index (χ0) is 8.10. The van der Waals surface area contributed by atoms with Gasteiger partial charge in [-0.3, -0.25) is 4.79 Å². The van der Waals surface area contributed by atoms with Gasteiger partial charge >= 0.3 is 0 Å². The van der Waals surface area contributed by atoms with Crippen molar-refractivity contribution in [2.45, 2.75) is 38.1 Å². The highest BCUT2D eigenvalue weighted by atomic mass is 16.3. The van der Waals surface area contributed by atoms with Crippen molar-refractivity contribution < 1.29 is 9.90 Å². The first-order chi connectivity index (χ1) is 5.33. The zero-order valence-electron chi connectivity index (χ0n) is 6.68. The lowest BCUT2D eigenvalue weighted by molar-refractivity contribution is -0.119. The van der Waals surface area contributed by atoms with E-state index in [4.69, 9.17) is 5.11 Å². The number of amides is 1. The normalized spacial score (nSPS) is 27.0. The molecule has 11 heavy (non-hydrogen) atoms. The SMILES string of the molecule is C1CC1.O=C1CC[C@@H](CO)N1. The largest absolute Gasteiger partial charge is 0.394 e. The van der Waals surface area contributed by atoms with E-state index in [-0.39, 0.29) is 18.6 Å². The summed E-state index contributed by atoms with van der Waals surface area (Å²) in [7, 11) is 0.